The minimum atomic E-state index is 0. The van der Waals surface area contributed by atoms with Gasteiger partial charge in [-0.05, 0) is 29.8 Å². The van der Waals surface area contributed by atoms with E-state index >= 15 is 0 Å². The average Bonchev–Trinajstić information content (AvgIpc) is 2.55. The second-order valence-electron chi connectivity index (χ2n) is 4.43. The van der Waals surface area contributed by atoms with Crippen LogP contribution in [0.2, 0.25) is 0 Å². The minimum absolute atomic E-state index is 0. The first-order valence-electron chi connectivity index (χ1n) is 6.82. The SMILES string of the molecule is CN=C(NC)NCc1cccc(OCc2ccccn2)c1.I. The molecule has 0 amide bonds. The molecule has 0 saturated carbocycles. The van der Waals surface area contributed by atoms with E-state index in [1.165, 1.54) is 0 Å². The van der Waals surface area contributed by atoms with Crippen LogP contribution in [0, 0.1) is 0 Å². The monoisotopic (exact) mass is 412 g/mol. The number of pyridine rings is 1. The molecule has 1 heterocycles. The number of guanidine groups is 1. The molecule has 2 N–H and O–H groups in total. The number of ether oxygens (including phenoxy) is 1. The average molecular weight is 412 g/mol. The molecule has 0 unspecified atom stereocenters. The standard InChI is InChI=1S/C16H20N4O.HI/c1-17-16(18-2)20-11-13-6-5-8-15(10-13)21-12-14-7-3-4-9-19-14;/h3-10H,11-12H2,1-2H3,(H2,17,18,20);1H. The maximum atomic E-state index is 5.76. The largest absolute Gasteiger partial charge is 0.487 e. The zero-order valence-corrected chi connectivity index (χ0v) is 15.1. The molecule has 0 radical (unpaired) electrons. The molecule has 1 aromatic heterocycles. The Hall–Kier alpha value is -1.83. The van der Waals surface area contributed by atoms with Gasteiger partial charge in [-0.15, -0.1) is 24.0 Å². The Morgan fingerprint density at radius 1 is 1.23 bits per heavy atom. The van der Waals surface area contributed by atoms with Gasteiger partial charge in [0.15, 0.2) is 5.96 Å². The molecule has 5 nitrogen and oxygen atoms in total. The molecule has 0 saturated heterocycles. The Labute approximate surface area is 148 Å². The summed E-state index contributed by atoms with van der Waals surface area (Å²) in [4.78, 5) is 8.31. The van der Waals surface area contributed by atoms with Crippen LogP contribution in [0.4, 0.5) is 0 Å². The molecular weight excluding hydrogens is 391 g/mol. The molecule has 6 heteroatoms. The van der Waals surface area contributed by atoms with Crippen LogP contribution in [-0.2, 0) is 13.2 Å². The molecule has 0 spiro atoms. The zero-order chi connectivity index (χ0) is 14.9. The van der Waals surface area contributed by atoms with Crippen molar-refractivity contribution in [2.75, 3.05) is 14.1 Å². The molecule has 0 aliphatic carbocycles. The number of hydrogen-bond donors (Lipinski definition) is 2. The summed E-state index contributed by atoms with van der Waals surface area (Å²) < 4.78 is 5.76. The van der Waals surface area contributed by atoms with Crippen LogP contribution in [-0.4, -0.2) is 25.0 Å². The molecule has 2 rings (SSSR count). The Bertz CT molecular complexity index is 590. The van der Waals surface area contributed by atoms with Gasteiger partial charge in [-0.1, -0.05) is 18.2 Å². The van der Waals surface area contributed by atoms with Gasteiger partial charge >= 0.3 is 0 Å². The highest BCUT2D eigenvalue weighted by molar-refractivity contribution is 14.0. The Kier molecular flexibility index (Phi) is 8.27. The summed E-state index contributed by atoms with van der Waals surface area (Å²) in [5.74, 6) is 1.59. The van der Waals surface area contributed by atoms with E-state index in [2.05, 4.69) is 20.6 Å². The van der Waals surface area contributed by atoms with Crippen LogP contribution in [0.15, 0.2) is 53.7 Å². The van der Waals surface area contributed by atoms with Gasteiger partial charge in [0.25, 0.3) is 0 Å². The van der Waals surface area contributed by atoms with Gasteiger partial charge in [-0.3, -0.25) is 9.98 Å². The molecule has 2 aromatic rings. The first kappa shape index (κ1) is 18.2. The van der Waals surface area contributed by atoms with Crippen molar-refractivity contribution in [3.63, 3.8) is 0 Å². The Balaban J connectivity index is 0.00000242. The topological polar surface area (TPSA) is 58.5 Å². The molecular formula is C16H21IN4O. The van der Waals surface area contributed by atoms with Crippen LogP contribution >= 0.6 is 24.0 Å². The van der Waals surface area contributed by atoms with E-state index in [1.54, 1.807) is 13.2 Å². The van der Waals surface area contributed by atoms with E-state index < -0.39 is 0 Å². The van der Waals surface area contributed by atoms with E-state index in [4.69, 9.17) is 4.74 Å². The van der Waals surface area contributed by atoms with Crippen molar-refractivity contribution in [1.82, 2.24) is 15.6 Å². The molecule has 0 aliphatic heterocycles. The van der Waals surface area contributed by atoms with Gasteiger partial charge in [-0.25, -0.2) is 0 Å². The molecule has 22 heavy (non-hydrogen) atoms. The lowest BCUT2D eigenvalue weighted by Gasteiger charge is -2.10. The highest BCUT2D eigenvalue weighted by atomic mass is 127. The number of benzene rings is 1. The summed E-state index contributed by atoms with van der Waals surface area (Å²) in [6, 6.07) is 13.8. The Morgan fingerprint density at radius 3 is 2.77 bits per heavy atom. The number of nitrogens with zero attached hydrogens (tertiary/aromatic N) is 2. The maximum Gasteiger partial charge on any atom is 0.190 e. The number of hydrogen-bond acceptors (Lipinski definition) is 3. The third-order valence-electron chi connectivity index (χ3n) is 2.93. The summed E-state index contributed by atoms with van der Waals surface area (Å²) in [5.41, 5.74) is 2.04. The van der Waals surface area contributed by atoms with Crippen LogP contribution in [0.5, 0.6) is 5.75 Å². The molecule has 1 aromatic carbocycles. The number of nitrogens with one attached hydrogen (secondary N) is 2. The third kappa shape index (κ3) is 5.88. The summed E-state index contributed by atoms with van der Waals surface area (Å²) in [7, 11) is 3.58. The highest BCUT2D eigenvalue weighted by Crippen LogP contribution is 2.14. The van der Waals surface area contributed by atoms with Crippen LogP contribution in [0.3, 0.4) is 0 Å². The first-order chi connectivity index (χ1) is 10.3. The van der Waals surface area contributed by atoms with Crippen molar-refractivity contribution < 1.29 is 4.74 Å². The zero-order valence-electron chi connectivity index (χ0n) is 12.7. The van der Waals surface area contributed by atoms with E-state index in [0.29, 0.717) is 13.2 Å². The number of aliphatic imine (C=N–C) groups is 1. The lowest BCUT2D eigenvalue weighted by Crippen LogP contribution is -2.34. The fraction of sp³-hybridized carbons (Fsp3) is 0.250. The Morgan fingerprint density at radius 2 is 2.09 bits per heavy atom. The van der Waals surface area contributed by atoms with Gasteiger partial charge in [0, 0.05) is 26.8 Å². The normalized spacial score (nSPS) is 10.5. The fourth-order valence-electron chi connectivity index (χ4n) is 1.85. The summed E-state index contributed by atoms with van der Waals surface area (Å²) in [6.45, 7) is 1.16. The predicted octanol–water partition coefficient (Wildman–Crippen LogP) is 2.57. The molecule has 0 bridgehead atoms. The lowest BCUT2D eigenvalue weighted by atomic mass is 10.2. The quantitative estimate of drug-likeness (QED) is 0.451. The first-order valence-corrected chi connectivity index (χ1v) is 6.82. The van der Waals surface area contributed by atoms with Crippen molar-refractivity contribution in [1.29, 1.82) is 0 Å². The van der Waals surface area contributed by atoms with Gasteiger partial charge < -0.3 is 15.4 Å². The van der Waals surface area contributed by atoms with Gasteiger partial charge in [-0.2, -0.15) is 0 Å². The lowest BCUT2D eigenvalue weighted by molar-refractivity contribution is 0.301. The fourth-order valence-corrected chi connectivity index (χ4v) is 1.85. The van der Waals surface area contributed by atoms with E-state index in [1.807, 2.05) is 49.5 Å². The molecule has 0 aliphatic rings. The highest BCUT2D eigenvalue weighted by Gasteiger charge is 2.00. The number of aromatic nitrogens is 1. The van der Waals surface area contributed by atoms with E-state index in [9.17, 15) is 0 Å². The second kappa shape index (κ2) is 9.99. The minimum Gasteiger partial charge on any atom is -0.487 e. The molecule has 118 valence electrons. The predicted molar refractivity (Wildman–Crippen MR) is 99.7 cm³/mol. The van der Waals surface area contributed by atoms with Gasteiger partial charge in [0.2, 0.25) is 0 Å². The third-order valence-corrected chi connectivity index (χ3v) is 2.93. The summed E-state index contributed by atoms with van der Waals surface area (Å²) in [6.07, 6.45) is 1.77. The van der Waals surface area contributed by atoms with Crippen LogP contribution in [0.25, 0.3) is 0 Å². The van der Waals surface area contributed by atoms with Crippen molar-refractivity contribution in [2.45, 2.75) is 13.2 Å². The smallest absolute Gasteiger partial charge is 0.190 e. The van der Waals surface area contributed by atoms with Crippen molar-refractivity contribution >= 4 is 29.9 Å². The van der Waals surface area contributed by atoms with Crippen molar-refractivity contribution in [3.8, 4) is 5.75 Å². The van der Waals surface area contributed by atoms with Gasteiger partial charge in [0.05, 0.1) is 5.69 Å². The summed E-state index contributed by atoms with van der Waals surface area (Å²) >= 11 is 0. The number of halogens is 1. The molecule has 0 atom stereocenters. The van der Waals surface area contributed by atoms with Crippen LogP contribution in [0.1, 0.15) is 11.3 Å². The molecule has 0 fully saturated rings. The van der Waals surface area contributed by atoms with Crippen LogP contribution < -0.4 is 15.4 Å². The van der Waals surface area contributed by atoms with E-state index in [-0.39, 0.29) is 24.0 Å². The second-order valence-corrected chi connectivity index (χ2v) is 4.43. The van der Waals surface area contributed by atoms with Gasteiger partial charge in [0.1, 0.15) is 12.4 Å². The van der Waals surface area contributed by atoms with Crippen molar-refractivity contribution in [3.05, 3.63) is 59.9 Å². The van der Waals surface area contributed by atoms with Crippen molar-refractivity contribution in [2.24, 2.45) is 4.99 Å². The number of rotatable bonds is 5. The summed E-state index contributed by atoms with van der Waals surface area (Å²) in [5, 5.41) is 6.19. The van der Waals surface area contributed by atoms with E-state index in [0.717, 1.165) is 23.0 Å². The maximum absolute atomic E-state index is 5.76.